The molecule has 3 aromatic heterocycles. The van der Waals surface area contributed by atoms with Crippen LogP contribution in [-0.4, -0.2) is 70.3 Å². The number of hydrogen-bond donors (Lipinski definition) is 2. The van der Waals surface area contributed by atoms with Crippen molar-refractivity contribution >= 4 is 27.9 Å². The van der Waals surface area contributed by atoms with Crippen molar-refractivity contribution in [3.8, 4) is 17.3 Å². The molecule has 5 heterocycles. The Morgan fingerprint density at radius 3 is 2.88 bits per heavy atom. The smallest absolute Gasteiger partial charge is 0.222 e. The van der Waals surface area contributed by atoms with E-state index in [4.69, 9.17) is 9.72 Å². The number of nitrogens with one attached hydrogen (secondary N) is 2. The number of aromatic nitrogens is 5. The predicted molar refractivity (Wildman–Crippen MR) is 125 cm³/mol. The third kappa shape index (κ3) is 3.47. The molecule has 6 rings (SSSR count). The normalized spacial score (nSPS) is 17.6. The molecule has 176 valence electrons. The van der Waals surface area contributed by atoms with Crippen LogP contribution < -0.4 is 20.3 Å². The van der Waals surface area contributed by atoms with Gasteiger partial charge in [-0.15, -0.1) is 10.2 Å². The van der Waals surface area contributed by atoms with E-state index >= 15 is 4.39 Å². The zero-order valence-electron chi connectivity index (χ0n) is 18.7. The SMILES string of the molecule is CN1CCOc2c1cnn1c(-c3ccc4c(F)ccc(NCC5(F)CCNCC5)c4n3)nnc21. The number of pyridine rings is 1. The molecule has 0 unspecified atom stereocenters. The Bertz CT molecular complexity index is 1380. The van der Waals surface area contributed by atoms with Crippen LogP contribution in [-0.2, 0) is 0 Å². The number of piperidine rings is 1. The highest BCUT2D eigenvalue weighted by Gasteiger charge is 2.31. The van der Waals surface area contributed by atoms with Crippen molar-refractivity contribution in [2.24, 2.45) is 0 Å². The molecule has 0 saturated carbocycles. The van der Waals surface area contributed by atoms with Crippen LogP contribution in [0.25, 0.3) is 28.1 Å². The fourth-order valence-corrected chi connectivity index (χ4v) is 4.55. The van der Waals surface area contributed by atoms with E-state index < -0.39 is 11.5 Å². The first kappa shape index (κ1) is 21.0. The number of alkyl halides is 1. The molecular weight excluding hydrogens is 442 g/mol. The fraction of sp³-hybridized carbons (Fsp3) is 0.391. The van der Waals surface area contributed by atoms with E-state index in [1.54, 1.807) is 28.9 Å². The molecule has 34 heavy (non-hydrogen) atoms. The fourth-order valence-electron chi connectivity index (χ4n) is 4.55. The van der Waals surface area contributed by atoms with Crippen molar-refractivity contribution < 1.29 is 13.5 Å². The van der Waals surface area contributed by atoms with Crippen molar-refractivity contribution in [3.63, 3.8) is 0 Å². The Kier molecular flexibility index (Phi) is 4.94. The van der Waals surface area contributed by atoms with Gasteiger partial charge in [-0.05, 0) is 50.2 Å². The molecule has 1 saturated heterocycles. The van der Waals surface area contributed by atoms with Crippen molar-refractivity contribution in [1.29, 1.82) is 0 Å². The van der Waals surface area contributed by atoms with Crippen LogP contribution in [0.4, 0.5) is 20.2 Å². The average Bonchev–Trinajstić information content (AvgIpc) is 3.29. The summed E-state index contributed by atoms with van der Waals surface area (Å²) in [7, 11) is 1.97. The van der Waals surface area contributed by atoms with Gasteiger partial charge in [0.15, 0.2) is 5.75 Å². The van der Waals surface area contributed by atoms with E-state index in [0.717, 1.165) is 12.2 Å². The van der Waals surface area contributed by atoms with Crippen LogP contribution in [0.1, 0.15) is 12.8 Å². The molecule has 0 bridgehead atoms. The lowest BCUT2D eigenvalue weighted by Gasteiger charge is -2.30. The van der Waals surface area contributed by atoms with Gasteiger partial charge in [0, 0.05) is 19.0 Å². The molecule has 9 nitrogen and oxygen atoms in total. The third-order valence-electron chi connectivity index (χ3n) is 6.58. The molecule has 1 aromatic carbocycles. The number of halogens is 2. The van der Waals surface area contributed by atoms with Crippen LogP contribution >= 0.6 is 0 Å². The standard InChI is InChI=1S/C23H24F2N8O/c1-32-10-11-34-20-18(32)12-28-33-21(30-31-22(20)33)17-4-2-14-15(24)3-5-16(19(14)29-17)27-13-23(25)6-8-26-9-7-23/h2-5,12,26-27H,6-11,13H2,1H3. The van der Waals surface area contributed by atoms with Gasteiger partial charge in [0.2, 0.25) is 11.5 Å². The van der Waals surface area contributed by atoms with E-state index in [0.29, 0.717) is 72.0 Å². The Hall–Kier alpha value is -3.60. The van der Waals surface area contributed by atoms with Gasteiger partial charge in [0.25, 0.3) is 0 Å². The molecule has 0 radical (unpaired) electrons. The molecule has 4 aromatic rings. The third-order valence-corrected chi connectivity index (χ3v) is 6.58. The summed E-state index contributed by atoms with van der Waals surface area (Å²) in [5.41, 5.74) is 1.46. The van der Waals surface area contributed by atoms with Gasteiger partial charge in [0.05, 0.1) is 23.9 Å². The minimum Gasteiger partial charge on any atom is -0.486 e. The summed E-state index contributed by atoms with van der Waals surface area (Å²) in [4.78, 5) is 6.74. The summed E-state index contributed by atoms with van der Waals surface area (Å²) in [6.07, 6.45) is 2.56. The number of benzene rings is 1. The second kappa shape index (κ2) is 8.01. The van der Waals surface area contributed by atoms with Gasteiger partial charge in [0.1, 0.15) is 29.5 Å². The quantitative estimate of drug-likeness (QED) is 0.475. The maximum atomic E-state index is 15.1. The minimum absolute atomic E-state index is 0.133. The number of rotatable bonds is 4. The average molecular weight is 466 g/mol. The number of ether oxygens (including phenoxy) is 1. The van der Waals surface area contributed by atoms with Crippen LogP contribution in [0.3, 0.4) is 0 Å². The first-order valence-electron chi connectivity index (χ1n) is 11.3. The van der Waals surface area contributed by atoms with Crippen molar-refractivity contribution in [1.82, 2.24) is 30.1 Å². The first-order valence-corrected chi connectivity index (χ1v) is 11.3. The molecule has 2 aliphatic heterocycles. The van der Waals surface area contributed by atoms with Crippen molar-refractivity contribution in [3.05, 3.63) is 36.3 Å². The summed E-state index contributed by atoms with van der Waals surface area (Å²) in [6.45, 7) is 2.71. The number of fused-ring (bicyclic) bond motifs is 4. The van der Waals surface area contributed by atoms with E-state index in [1.165, 1.54) is 6.07 Å². The molecule has 1 fully saturated rings. The molecule has 2 N–H and O–H groups in total. The molecule has 0 amide bonds. The number of anilines is 2. The molecular formula is C23H24F2N8O. The number of hydrogen-bond acceptors (Lipinski definition) is 8. The van der Waals surface area contributed by atoms with Gasteiger partial charge in [-0.3, -0.25) is 0 Å². The topological polar surface area (TPSA) is 92.5 Å². The molecule has 0 aliphatic carbocycles. The van der Waals surface area contributed by atoms with Crippen LogP contribution in [0, 0.1) is 5.82 Å². The Morgan fingerprint density at radius 2 is 2.03 bits per heavy atom. The maximum absolute atomic E-state index is 15.1. The molecule has 11 heteroatoms. The second-order valence-electron chi connectivity index (χ2n) is 8.83. The van der Waals surface area contributed by atoms with Gasteiger partial charge in [-0.1, -0.05) is 0 Å². The van der Waals surface area contributed by atoms with Gasteiger partial charge < -0.3 is 20.3 Å². The summed E-state index contributed by atoms with van der Waals surface area (Å²) in [5, 5.41) is 19.8. The summed E-state index contributed by atoms with van der Waals surface area (Å²) in [6, 6.07) is 6.30. The van der Waals surface area contributed by atoms with Crippen LogP contribution in [0.2, 0.25) is 0 Å². The predicted octanol–water partition coefficient (Wildman–Crippen LogP) is 2.81. The minimum atomic E-state index is -1.32. The van der Waals surface area contributed by atoms with Crippen molar-refractivity contribution in [2.75, 3.05) is 50.1 Å². The van der Waals surface area contributed by atoms with Crippen LogP contribution in [0.15, 0.2) is 30.5 Å². The number of nitrogens with zero attached hydrogens (tertiary/aromatic N) is 6. The van der Waals surface area contributed by atoms with E-state index in [9.17, 15) is 4.39 Å². The van der Waals surface area contributed by atoms with Gasteiger partial charge >= 0.3 is 0 Å². The summed E-state index contributed by atoms with van der Waals surface area (Å²) >= 11 is 0. The zero-order chi connectivity index (χ0) is 23.3. The Labute approximate surface area is 194 Å². The van der Waals surface area contributed by atoms with E-state index in [2.05, 4.69) is 30.8 Å². The lowest BCUT2D eigenvalue weighted by atomic mass is 9.94. The van der Waals surface area contributed by atoms with Crippen LogP contribution in [0.5, 0.6) is 5.75 Å². The molecule has 2 aliphatic rings. The highest BCUT2D eigenvalue weighted by molar-refractivity contribution is 5.92. The van der Waals surface area contributed by atoms with Gasteiger partial charge in [-0.25, -0.2) is 13.8 Å². The summed E-state index contributed by atoms with van der Waals surface area (Å²) in [5.74, 6) is 0.630. The summed E-state index contributed by atoms with van der Waals surface area (Å²) < 4.78 is 37.1. The van der Waals surface area contributed by atoms with E-state index in [1.807, 2.05) is 7.05 Å². The number of likely N-dealkylation sites (N-methyl/N-ethyl adjacent to an activating group) is 1. The zero-order valence-corrected chi connectivity index (χ0v) is 18.7. The highest BCUT2D eigenvalue weighted by Crippen LogP contribution is 2.35. The Morgan fingerprint density at radius 1 is 1.18 bits per heavy atom. The highest BCUT2D eigenvalue weighted by atomic mass is 19.1. The lowest BCUT2D eigenvalue weighted by molar-refractivity contribution is 0.131. The Balaban J connectivity index is 1.40. The van der Waals surface area contributed by atoms with E-state index in [-0.39, 0.29) is 6.54 Å². The van der Waals surface area contributed by atoms with Crippen molar-refractivity contribution in [2.45, 2.75) is 18.5 Å². The second-order valence-corrected chi connectivity index (χ2v) is 8.83. The van der Waals surface area contributed by atoms with Gasteiger partial charge in [-0.2, -0.15) is 9.61 Å². The lowest BCUT2D eigenvalue weighted by Crippen LogP contribution is -2.43. The molecule has 0 spiro atoms. The molecule has 0 atom stereocenters. The largest absolute Gasteiger partial charge is 0.486 e. The monoisotopic (exact) mass is 466 g/mol. The maximum Gasteiger partial charge on any atom is 0.222 e. The first-order chi connectivity index (χ1) is 16.5.